The first kappa shape index (κ1) is 19.7. The van der Waals surface area contributed by atoms with E-state index in [4.69, 9.17) is 16.6 Å². The van der Waals surface area contributed by atoms with Gasteiger partial charge in [0.2, 0.25) is 0 Å². The molecule has 1 aromatic heterocycles. The van der Waals surface area contributed by atoms with Gasteiger partial charge in [0.05, 0.1) is 31.2 Å². The van der Waals surface area contributed by atoms with E-state index in [1.807, 2.05) is 58.0 Å². The Hall–Kier alpha value is -2.58. The largest absolute Gasteiger partial charge is 0.395 e. The van der Waals surface area contributed by atoms with Gasteiger partial charge >= 0.3 is 0 Å². The third-order valence-corrected chi connectivity index (χ3v) is 5.11. The molecule has 150 valence electrons. The van der Waals surface area contributed by atoms with Crippen molar-refractivity contribution in [3.63, 3.8) is 0 Å². The van der Waals surface area contributed by atoms with Gasteiger partial charge in [0, 0.05) is 29.2 Å². The number of aliphatic hydroxyl groups excluding tert-OH is 2. The predicted molar refractivity (Wildman–Crippen MR) is 112 cm³/mol. The summed E-state index contributed by atoms with van der Waals surface area (Å²) in [5.41, 5.74) is 3.71. The molecule has 0 spiro atoms. The van der Waals surface area contributed by atoms with Gasteiger partial charge in [-0.1, -0.05) is 41.9 Å². The number of hydrogen-bond donors (Lipinski definition) is 2. The fourth-order valence-corrected chi connectivity index (χ4v) is 3.73. The zero-order valence-electron chi connectivity index (χ0n) is 15.9. The van der Waals surface area contributed by atoms with E-state index < -0.39 is 0 Å². The third-order valence-electron chi connectivity index (χ3n) is 4.88. The van der Waals surface area contributed by atoms with Gasteiger partial charge in [-0.15, -0.1) is 10.2 Å². The molecule has 0 atom stereocenters. The number of hydrogen-bond acceptors (Lipinski definition) is 6. The topological polar surface area (TPSA) is 86.8 Å². The van der Waals surface area contributed by atoms with Crippen molar-refractivity contribution in [2.75, 3.05) is 26.3 Å². The van der Waals surface area contributed by atoms with Crippen molar-refractivity contribution < 1.29 is 10.2 Å². The molecule has 0 saturated carbocycles. The van der Waals surface area contributed by atoms with Gasteiger partial charge in [-0.05, 0) is 18.2 Å². The standard InChI is InChI=1S/C21H22ClN5O2/c22-16-6-7-18-17(12-16)21(15-4-2-1-3-5-15)23-13-19-24-25-20(27(18)19)14-26(8-10-28)9-11-29/h1-7,12,28-29H,8-11,13-14H2. The molecular formula is C21H22ClN5O2. The van der Waals surface area contributed by atoms with Crippen molar-refractivity contribution in [1.82, 2.24) is 19.7 Å². The van der Waals surface area contributed by atoms with Crippen LogP contribution in [0.2, 0.25) is 5.02 Å². The maximum absolute atomic E-state index is 9.33. The SMILES string of the molecule is OCCN(CCO)Cc1nnc2n1-c1ccc(Cl)cc1C(c1ccccc1)=NC2. The maximum Gasteiger partial charge on any atom is 0.159 e. The minimum absolute atomic E-state index is 0.00839. The van der Waals surface area contributed by atoms with Gasteiger partial charge in [-0.3, -0.25) is 14.5 Å². The highest BCUT2D eigenvalue weighted by molar-refractivity contribution is 6.31. The average molecular weight is 412 g/mol. The lowest BCUT2D eigenvalue weighted by Crippen LogP contribution is -2.30. The van der Waals surface area contributed by atoms with E-state index in [0.717, 1.165) is 34.2 Å². The van der Waals surface area contributed by atoms with E-state index in [1.165, 1.54) is 0 Å². The minimum atomic E-state index is 0.00839. The molecule has 1 aliphatic rings. The summed E-state index contributed by atoms with van der Waals surface area (Å²) in [6, 6.07) is 15.7. The van der Waals surface area contributed by atoms with Crippen molar-refractivity contribution in [3.05, 3.63) is 76.3 Å². The molecular weight excluding hydrogens is 390 g/mol. The Labute approximate surface area is 173 Å². The molecule has 1 aliphatic heterocycles. The Balaban J connectivity index is 1.80. The summed E-state index contributed by atoms with van der Waals surface area (Å²) in [5, 5.41) is 28.0. The Kier molecular flexibility index (Phi) is 6.01. The zero-order chi connectivity index (χ0) is 20.2. The zero-order valence-corrected chi connectivity index (χ0v) is 16.6. The molecule has 0 amide bonds. The first-order valence-corrected chi connectivity index (χ1v) is 9.86. The number of halogens is 1. The first-order chi connectivity index (χ1) is 14.2. The van der Waals surface area contributed by atoms with Gasteiger partial charge in [0.1, 0.15) is 6.54 Å². The Bertz CT molecular complexity index is 1010. The third kappa shape index (κ3) is 4.09. The van der Waals surface area contributed by atoms with Crippen LogP contribution in [0, 0.1) is 0 Å². The molecule has 3 aromatic rings. The monoisotopic (exact) mass is 411 g/mol. The lowest BCUT2D eigenvalue weighted by Gasteiger charge is -2.20. The lowest BCUT2D eigenvalue weighted by atomic mass is 10.0. The van der Waals surface area contributed by atoms with Crippen molar-refractivity contribution >= 4 is 17.3 Å². The first-order valence-electron chi connectivity index (χ1n) is 9.48. The Morgan fingerprint density at radius 2 is 1.76 bits per heavy atom. The fraction of sp³-hybridized carbons (Fsp3) is 0.286. The number of rotatable bonds is 7. The quantitative estimate of drug-likeness (QED) is 0.621. The van der Waals surface area contributed by atoms with E-state index >= 15 is 0 Å². The predicted octanol–water partition coefficient (Wildman–Crippen LogP) is 2.06. The molecule has 4 rings (SSSR count). The van der Waals surface area contributed by atoms with Crippen molar-refractivity contribution in [2.45, 2.75) is 13.1 Å². The molecule has 0 unspecified atom stereocenters. The van der Waals surface area contributed by atoms with E-state index in [1.54, 1.807) is 0 Å². The van der Waals surface area contributed by atoms with Crippen LogP contribution in [-0.2, 0) is 13.1 Å². The Morgan fingerprint density at radius 1 is 1.00 bits per heavy atom. The lowest BCUT2D eigenvalue weighted by molar-refractivity contribution is 0.153. The fourth-order valence-electron chi connectivity index (χ4n) is 3.56. The van der Waals surface area contributed by atoms with Gasteiger partial charge in [-0.2, -0.15) is 0 Å². The summed E-state index contributed by atoms with van der Waals surface area (Å²) in [5.74, 6) is 1.47. The second-order valence-corrected chi connectivity index (χ2v) is 7.22. The van der Waals surface area contributed by atoms with Gasteiger partial charge in [-0.25, -0.2) is 0 Å². The number of aliphatic imine (C=N–C) groups is 1. The highest BCUT2D eigenvalue weighted by Crippen LogP contribution is 2.28. The van der Waals surface area contributed by atoms with Crippen molar-refractivity contribution in [2.24, 2.45) is 4.99 Å². The molecule has 0 radical (unpaired) electrons. The molecule has 2 aromatic carbocycles. The van der Waals surface area contributed by atoms with Crippen LogP contribution in [0.3, 0.4) is 0 Å². The minimum Gasteiger partial charge on any atom is -0.395 e. The van der Waals surface area contributed by atoms with Crippen LogP contribution in [-0.4, -0.2) is 61.9 Å². The van der Waals surface area contributed by atoms with E-state index in [0.29, 0.717) is 31.2 Å². The summed E-state index contributed by atoms with van der Waals surface area (Å²) in [6.45, 7) is 1.76. The number of nitrogens with zero attached hydrogens (tertiary/aromatic N) is 5. The smallest absolute Gasteiger partial charge is 0.159 e. The summed E-state index contributed by atoms with van der Waals surface area (Å²) in [7, 11) is 0. The van der Waals surface area contributed by atoms with E-state index in [2.05, 4.69) is 10.2 Å². The molecule has 0 saturated heterocycles. The van der Waals surface area contributed by atoms with Crippen LogP contribution in [0.5, 0.6) is 0 Å². The maximum atomic E-state index is 9.33. The van der Waals surface area contributed by atoms with Gasteiger partial charge < -0.3 is 10.2 Å². The molecule has 29 heavy (non-hydrogen) atoms. The summed E-state index contributed by atoms with van der Waals surface area (Å²) >= 11 is 6.33. The van der Waals surface area contributed by atoms with E-state index in [-0.39, 0.29) is 13.2 Å². The Morgan fingerprint density at radius 3 is 2.48 bits per heavy atom. The van der Waals surface area contributed by atoms with Crippen LogP contribution in [0.4, 0.5) is 0 Å². The second-order valence-electron chi connectivity index (χ2n) is 6.78. The highest BCUT2D eigenvalue weighted by Gasteiger charge is 2.24. The van der Waals surface area contributed by atoms with Crippen LogP contribution < -0.4 is 0 Å². The van der Waals surface area contributed by atoms with Crippen LogP contribution in [0.25, 0.3) is 5.69 Å². The van der Waals surface area contributed by atoms with E-state index in [9.17, 15) is 10.2 Å². The van der Waals surface area contributed by atoms with Crippen LogP contribution in [0.1, 0.15) is 22.8 Å². The molecule has 2 N–H and O–H groups in total. The van der Waals surface area contributed by atoms with Crippen LogP contribution in [0.15, 0.2) is 53.5 Å². The molecule has 0 aliphatic carbocycles. The molecule has 7 nitrogen and oxygen atoms in total. The van der Waals surface area contributed by atoms with Gasteiger partial charge in [0.15, 0.2) is 11.6 Å². The number of fused-ring (bicyclic) bond motifs is 3. The summed E-state index contributed by atoms with van der Waals surface area (Å²) < 4.78 is 2.01. The summed E-state index contributed by atoms with van der Waals surface area (Å²) in [6.07, 6.45) is 0. The summed E-state index contributed by atoms with van der Waals surface area (Å²) in [4.78, 5) is 6.76. The number of aromatic nitrogens is 3. The molecule has 8 heteroatoms. The number of aliphatic hydroxyl groups is 2. The van der Waals surface area contributed by atoms with Gasteiger partial charge in [0.25, 0.3) is 0 Å². The second kappa shape index (κ2) is 8.84. The van der Waals surface area contributed by atoms with Crippen LogP contribution >= 0.6 is 11.6 Å². The number of benzene rings is 2. The average Bonchev–Trinajstić information content (AvgIpc) is 3.04. The normalized spacial score (nSPS) is 13.0. The highest BCUT2D eigenvalue weighted by atomic mass is 35.5. The molecule has 0 bridgehead atoms. The molecule has 0 fully saturated rings. The van der Waals surface area contributed by atoms with Crippen molar-refractivity contribution in [1.29, 1.82) is 0 Å². The molecule has 2 heterocycles. The van der Waals surface area contributed by atoms with Crippen molar-refractivity contribution in [3.8, 4) is 5.69 Å².